The molecular formula is C28H52O4S-2. The van der Waals surface area contributed by atoms with Gasteiger partial charge >= 0.3 is 11.9 Å². The molecular weight excluding hydrogens is 432 g/mol. The second kappa shape index (κ2) is 24.4. The fraction of sp³-hybridized carbons (Fsp3) is 0.857. The number of carbonyl (C=O) groups excluding carboxylic acids is 2. The van der Waals surface area contributed by atoms with Crippen molar-refractivity contribution in [2.24, 2.45) is 5.92 Å². The normalized spacial score (nSPS) is 13.0. The second-order valence-electron chi connectivity index (χ2n) is 9.46. The van der Waals surface area contributed by atoms with Gasteiger partial charge in [0.15, 0.2) is 0 Å². The van der Waals surface area contributed by atoms with E-state index in [0.29, 0.717) is 18.6 Å². The Morgan fingerprint density at radius 3 is 1.76 bits per heavy atom. The molecule has 0 rings (SSSR count). The van der Waals surface area contributed by atoms with E-state index in [1.54, 1.807) is 0 Å². The van der Waals surface area contributed by atoms with E-state index in [0.717, 1.165) is 50.9 Å². The largest absolute Gasteiger partial charge is 0.462 e. The van der Waals surface area contributed by atoms with Gasteiger partial charge in [0.1, 0.15) is 12.7 Å². The van der Waals surface area contributed by atoms with Crippen LogP contribution in [0.15, 0.2) is 0 Å². The lowest BCUT2D eigenvalue weighted by Crippen LogP contribution is -2.26. The molecule has 196 valence electrons. The Morgan fingerprint density at radius 2 is 1.21 bits per heavy atom. The molecule has 0 aromatic rings. The minimum atomic E-state index is -0.460. The molecule has 0 radical (unpaired) electrons. The Morgan fingerprint density at radius 1 is 0.697 bits per heavy atom. The molecule has 2 atom stereocenters. The highest BCUT2D eigenvalue weighted by Crippen LogP contribution is 2.16. The van der Waals surface area contributed by atoms with Gasteiger partial charge in [-0.25, -0.2) is 0 Å². The van der Waals surface area contributed by atoms with E-state index in [9.17, 15) is 9.59 Å². The van der Waals surface area contributed by atoms with Crippen molar-refractivity contribution in [2.45, 2.75) is 135 Å². The number of carbonyl (C=O) groups is 2. The lowest BCUT2D eigenvalue weighted by atomic mass is 9.98. The number of rotatable bonds is 24. The third-order valence-corrected chi connectivity index (χ3v) is 6.49. The Hall–Kier alpha value is -0.710. The summed E-state index contributed by atoms with van der Waals surface area (Å²) in [4.78, 5) is 24.0. The first-order valence-electron chi connectivity index (χ1n) is 13.6. The summed E-state index contributed by atoms with van der Waals surface area (Å²) in [6, 6.07) is 0. The van der Waals surface area contributed by atoms with Gasteiger partial charge in [0, 0.05) is 18.6 Å². The molecule has 0 fully saturated rings. The zero-order chi connectivity index (χ0) is 24.6. The van der Waals surface area contributed by atoms with Crippen LogP contribution in [0.3, 0.4) is 0 Å². The van der Waals surface area contributed by atoms with Gasteiger partial charge in [-0.2, -0.15) is 25.5 Å². The van der Waals surface area contributed by atoms with Crippen molar-refractivity contribution < 1.29 is 19.1 Å². The third-order valence-electron chi connectivity index (χ3n) is 6.09. The van der Waals surface area contributed by atoms with Crippen molar-refractivity contribution in [1.82, 2.24) is 0 Å². The number of esters is 2. The molecule has 0 aromatic heterocycles. The maximum Gasteiger partial charge on any atom is 0.306 e. The van der Waals surface area contributed by atoms with Crippen molar-refractivity contribution in [3.05, 3.63) is 13.8 Å². The minimum Gasteiger partial charge on any atom is -0.462 e. The van der Waals surface area contributed by atoms with E-state index < -0.39 is 6.10 Å². The molecule has 0 amide bonds. The second-order valence-corrected chi connectivity index (χ2v) is 9.83. The number of hydrogen-bond donors (Lipinski definition) is 1. The average Bonchev–Trinajstić information content (AvgIpc) is 2.80. The minimum absolute atomic E-state index is 0.103. The topological polar surface area (TPSA) is 52.6 Å². The first-order chi connectivity index (χ1) is 16.0. The first-order valence-corrected chi connectivity index (χ1v) is 14.2. The lowest BCUT2D eigenvalue weighted by Gasteiger charge is -2.16. The van der Waals surface area contributed by atoms with Crippen LogP contribution >= 0.6 is 12.6 Å². The van der Waals surface area contributed by atoms with E-state index in [2.05, 4.69) is 33.4 Å². The van der Waals surface area contributed by atoms with Crippen molar-refractivity contribution in [2.75, 3.05) is 12.4 Å². The van der Waals surface area contributed by atoms with Crippen molar-refractivity contribution in [1.29, 1.82) is 0 Å². The van der Waals surface area contributed by atoms with Gasteiger partial charge in [0.05, 0.1) is 0 Å². The Bertz CT molecular complexity index is 455. The Labute approximate surface area is 210 Å². The van der Waals surface area contributed by atoms with Crippen LogP contribution < -0.4 is 0 Å². The lowest BCUT2D eigenvalue weighted by molar-refractivity contribution is -0.157. The zero-order valence-electron chi connectivity index (χ0n) is 21.5. The van der Waals surface area contributed by atoms with E-state index in [1.807, 2.05) is 0 Å². The summed E-state index contributed by atoms with van der Waals surface area (Å²) in [5, 5.41) is 0. The molecule has 0 aliphatic rings. The Balaban J connectivity index is 3.65. The molecule has 0 spiro atoms. The molecule has 0 saturated carbocycles. The molecule has 0 heterocycles. The van der Waals surface area contributed by atoms with E-state index in [-0.39, 0.29) is 18.5 Å². The van der Waals surface area contributed by atoms with E-state index in [4.69, 9.17) is 9.47 Å². The van der Waals surface area contributed by atoms with Gasteiger partial charge in [-0.3, -0.25) is 9.59 Å². The smallest absolute Gasteiger partial charge is 0.306 e. The summed E-state index contributed by atoms with van der Waals surface area (Å²) in [6.45, 7) is 10.2. The maximum atomic E-state index is 12.1. The fourth-order valence-corrected chi connectivity index (χ4v) is 4.10. The number of ether oxygens (including phenoxy) is 2. The molecule has 4 nitrogen and oxygen atoms in total. The predicted octanol–water partition coefficient (Wildman–Crippen LogP) is 8.09. The van der Waals surface area contributed by atoms with Crippen LogP contribution in [-0.2, 0) is 19.1 Å². The van der Waals surface area contributed by atoms with Crippen LogP contribution in [-0.4, -0.2) is 30.4 Å². The zero-order valence-corrected chi connectivity index (χ0v) is 22.4. The van der Waals surface area contributed by atoms with Crippen molar-refractivity contribution >= 4 is 24.6 Å². The highest BCUT2D eigenvalue weighted by Gasteiger charge is 2.15. The molecule has 0 N–H and O–H groups in total. The number of thiol groups is 1. The van der Waals surface area contributed by atoms with Gasteiger partial charge in [0.2, 0.25) is 0 Å². The predicted molar refractivity (Wildman–Crippen MR) is 142 cm³/mol. The first kappa shape index (κ1) is 32.3. The van der Waals surface area contributed by atoms with Crippen molar-refractivity contribution in [3.8, 4) is 0 Å². The number of unbranched alkanes of at least 4 members (excludes halogenated alkanes) is 12. The van der Waals surface area contributed by atoms with E-state index >= 15 is 0 Å². The highest BCUT2D eigenvalue weighted by molar-refractivity contribution is 7.80. The Kier molecular flexibility index (Phi) is 23.9. The summed E-state index contributed by atoms with van der Waals surface area (Å²) < 4.78 is 10.7. The summed E-state index contributed by atoms with van der Waals surface area (Å²) in [7, 11) is 0. The quantitative estimate of drug-likeness (QED) is 0.0651. The average molecular weight is 485 g/mol. The summed E-state index contributed by atoms with van der Waals surface area (Å²) >= 11 is 4.23. The molecule has 5 heteroatoms. The van der Waals surface area contributed by atoms with Crippen LogP contribution in [0.5, 0.6) is 0 Å². The molecule has 0 aliphatic heterocycles. The van der Waals surface area contributed by atoms with Crippen LogP contribution in [0.4, 0.5) is 0 Å². The van der Waals surface area contributed by atoms with Gasteiger partial charge in [-0.05, 0) is 18.8 Å². The van der Waals surface area contributed by atoms with E-state index in [1.165, 1.54) is 64.2 Å². The SMILES string of the molecule is [CH2-]CCCCCCCCCC(=O)OC[C@H](CS)OC(=O)CCCCCCCC[C@@H](C)CC[CH2-]. The van der Waals surface area contributed by atoms with Gasteiger partial charge in [-0.15, -0.1) is 0 Å². The summed E-state index contributed by atoms with van der Waals surface area (Å²) in [6.07, 6.45) is 19.9. The van der Waals surface area contributed by atoms with Gasteiger partial charge in [0.25, 0.3) is 0 Å². The highest BCUT2D eigenvalue weighted by atomic mass is 32.1. The standard InChI is InChI=1S/C28H52O4S/c1-4-6-7-8-9-10-14-17-21-27(29)31-23-26(24-33)32-28(30)22-18-15-12-11-13-16-20-25(3)19-5-2/h25-26,33H,1-2,4-24H2,3H3/q-2/t25-,26+/m0/s1. The van der Waals surface area contributed by atoms with Crippen LogP contribution in [0.25, 0.3) is 0 Å². The molecule has 0 unspecified atom stereocenters. The summed E-state index contributed by atoms with van der Waals surface area (Å²) in [5.74, 6) is 0.722. The molecule has 33 heavy (non-hydrogen) atoms. The summed E-state index contributed by atoms with van der Waals surface area (Å²) in [5.41, 5.74) is 0. The maximum absolute atomic E-state index is 12.1. The van der Waals surface area contributed by atoms with Gasteiger partial charge in [-0.1, -0.05) is 90.4 Å². The molecule has 0 saturated heterocycles. The molecule has 0 aromatic carbocycles. The third kappa shape index (κ3) is 22.8. The molecule has 0 bridgehead atoms. The van der Waals surface area contributed by atoms with Crippen LogP contribution in [0, 0.1) is 19.8 Å². The number of hydrogen-bond acceptors (Lipinski definition) is 5. The monoisotopic (exact) mass is 484 g/mol. The van der Waals surface area contributed by atoms with Crippen LogP contribution in [0.1, 0.15) is 129 Å². The van der Waals surface area contributed by atoms with Gasteiger partial charge < -0.3 is 23.3 Å². The fourth-order valence-electron chi connectivity index (χ4n) is 3.92. The van der Waals surface area contributed by atoms with Crippen molar-refractivity contribution in [3.63, 3.8) is 0 Å². The van der Waals surface area contributed by atoms with Crippen LogP contribution in [0.2, 0.25) is 0 Å². The molecule has 0 aliphatic carbocycles.